The lowest BCUT2D eigenvalue weighted by molar-refractivity contribution is -0.149. The minimum Gasteiger partial charge on any atom is -0.394 e. The highest BCUT2D eigenvalue weighted by molar-refractivity contribution is 4.84. The summed E-state index contributed by atoms with van der Waals surface area (Å²) in [6, 6.07) is 0. The average Bonchev–Trinajstić information content (AvgIpc) is 2.11. The van der Waals surface area contributed by atoms with Crippen LogP contribution in [0.5, 0.6) is 0 Å². The molecule has 3 nitrogen and oxygen atoms in total. The Labute approximate surface area is 99.8 Å². The first kappa shape index (κ1) is 13.9. The SMILES string of the molecule is CC(C)(C)CCN1CC(CO)OC(C)(C)C1. The highest BCUT2D eigenvalue weighted by Crippen LogP contribution is 2.24. The van der Waals surface area contributed by atoms with Crippen LogP contribution >= 0.6 is 0 Å². The number of morpholine rings is 1. The number of hydrogen-bond acceptors (Lipinski definition) is 3. The van der Waals surface area contributed by atoms with Crippen LogP contribution < -0.4 is 0 Å². The van der Waals surface area contributed by atoms with E-state index in [1.807, 2.05) is 0 Å². The maximum absolute atomic E-state index is 9.22. The molecule has 1 N–H and O–H groups in total. The van der Waals surface area contributed by atoms with Gasteiger partial charge in [0.2, 0.25) is 0 Å². The van der Waals surface area contributed by atoms with Gasteiger partial charge in [0.25, 0.3) is 0 Å². The van der Waals surface area contributed by atoms with Crippen LogP contribution in [0.15, 0.2) is 0 Å². The van der Waals surface area contributed by atoms with Crippen molar-refractivity contribution in [1.82, 2.24) is 4.90 Å². The third-order valence-corrected chi connectivity index (χ3v) is 2.93. The van der Waals surface area contributed by atoms with Crippen LogP contribution in [0.3, 0.4) is 0 Å². The molecular weight excluding hydrogens is 202 g/mol. The maximum atomic E-state index is 9.22. The summed E-state index contributed by atoms with van der Waals surface area (Å²) in [6.45, 7) is 14.0. The summed E-state index contributed by atoms with van der Waals surface area (Å²) in [5, 5.41) is 9.22. The van der Waals surface area contributed by atoms with Gasteiger partial charge in [-0.15, -0.1) is 0 Å². The van der Waals surface area contributed by atoms with Gasteiger partial charge >= 0.3 is 0 Å². The van der Waals surface area contributed by atoms with Crippen molar-refractivity contribution in [3.63, 3.8) is 0 Å². The van der Waals surface area contributed by atoms with Gasteiger partial charge in [-0.3, -0.25) is 4.90 Å². The van der Waals surface area contributed by atoms with E-state index in [0.29, 0.717) is 5.41 Å². The van der Waals surface area contributed by atoms with E-state index in [4.69, 9.17) is 4.74 Å². The Kier molecular flexibility index (Phi) is 4.38. The minimum absolute atomic E-state index is 0.0243. The molecule has 0 aromatic rings. The van der Waals surface area contributed by atoms with Crippen molar-refractivity contribution in [2.75, 3.05) is 26.2 Å². The number of aliphatic hydroxyl groups excluding tert-OH is 1. The Morgan fingerprint density at radius 3 is 2.50 bits per heavy atom. The van der Waals surface area contributed by atoms with E-state index in [1.165, 1.54) is 6.42 Å². The Hall–Kier alpha value is -0.120. The van der Waals surface area contributed by atoms with E-state index >= 15 is 0 Å². The van der Waals surface area contributed by atoms with Crippen LogP contribution in [-0.4, -0.2) is 48.0 Å². The molecule has 0 spiro atoms. The van der Waals surface area contributed by atoms with Gasteiger partial charge in [-0.05, 0) is 32.2 Å². The summed E-state index contributed by atoms with van der Waals surface area (Å²) < 4.78 is 5.79. The van der Waals surface area contributed by atoms with Crippen LogP contribution in [0.1, 0.15) is 41.0 Å². The summed E-state index contributed by atoms with van der Waals surface area (Å²) in [5.74, 6) is 0. The molecule has 0 aromatic carbocycles. The Morgan fingerprint density at radius 2 is 2.00 bits per heavy atom. The summed E-state index contributed by atoms with van der Waals surface area (Å²) in [5.41, 5.74) is 0.237. The zero-order chi connectivity index (χ0) is 12.4. The molecule has 0 amide bonds. The lowest BCUT2D eigenvalue weighted by Crippen LogP contribution is -2.54. The first-order valence-corrected chi connectivity index (χ1v) is 6.23. The van der Waals surface area contributed by atoms with E-state index < -0.39 is 0 Å². The fourth-order valence-corrected chi connectivity index (χ4v) is 2.18. The Balaban J connectivity index is 2.47. The average molecular weight is 229 g/mol. The standard InChI is InChI=1S/C13H27NO2/c1-12(2,3)6-7-14-8-11(9-15)16-13(4,5)10-14/h11,15H,6-10H2,1-5H3. The third kappa shape index (κ3) is 4.81. The number of ether oxygens (including phenoxy) is 1. The van der Waals surface area contributed by atoms with Gasteiger partial charge in [-0.1, -0.05) is 20.8 Å². The predicted octanol–water partition coefficient (Wildman–Crippen LogP) is 1.89. The van der Waals surface area contributed by atoms with Crippen LogP contribution in [-0.2, 0) is 4.74 Å². The maximum Gasteiger partial charge on any atom is 0.0940 e. The van der Waals surface area contributed by atoms with E-state index in [0.717, 1.165) is 19.6 Å². The first-order valence-electron chi connectivity index (χ1n) is 6.23. The topological polar surface area (TPSA) is 32.7 Å². The van der Waals surface area contributed by atoms with E-state index in [9.17, 15) is 5.11 Å². The molecule has 0 radical (unpaired) electrons. The third-order valence-electron chi connectivity index (χ3n) is 2.93. The highest BCUT2D eigenvalue weighted by Gasteiger charge is 2.33. The van der Waals surface area contributed by atoms with Crippen molar-refractivity contribution in [1.29, 1.82) is 0 Å². The molecule has 1 fully saturated rings. The molecule has 96 valence electrons. The van der Waals surface area contributed by atoms with Gasteiger partial charge in [-0.2, -0.15) is 0 Å². The second-order valence-electron chi connectivity index (χ2n) is 6.73. The molecule has 16 heavy (non-hydrogen) atoms. The Bertz CT molecular complexity index is 220. The quantitative estimate of drug-likeness (QED) is 0.802. The summed E-state index contributed by atoms with van der Waals surface area (Å²) in [6.07, 6.45) is 1.16. The Morgan fingerprint density at radius 1 is 1.38 bits per heavy atom. The molecule has 1 heterocycles. The molecule has 1 rings (SSSR count). The van der Waals surface area contributed by atoms with Crippen LogP contribution in [0.2, 0.25) is 0 Å². The normalized spacial score (nSPS) is 27.0. The van der Waals surface area contributed by atoms with E-state index in [-0.39, 0.29) is 18.3 Å². The van der Waals surface area contributed by atoms with Gasteiger partial charge < -0.3 is 9.84 Å². The first-order chi connectivity index (χ1) is 7.22. The number of aliphatic hydroxyl groups is 1. The van der Waals surface area contributed by atoms with Crippen molar-refractivity contribution in [3.05, 3.63) is 0 Å². The lowest BCUT2D eigenvalue weighted by Gasteiger charge is -2.43. The number of rotatable bonds is 3. The van der Waals surface area contributed by atoms with Crippen molar-refractivity contribution >= 4 is 0 Å². The van der Waals surface area contributed by atoms with Gasteiger partial charge in [0.05, 0.1) is 18.3 Å². The van der Waals surface area contributed by atoms with Crippen molar-refractivity contribution in [2.45, 2.75) is 52.7 Å². The highest BCUT2D eigenvalue weighted by atomic mass is 16.5. The second kappa shape index (κ2) is 5.03. The molecule has 0 saturated carbocycles. The molecule has 3 heteroatoms. The molecule has 1 unspecified atom stereocenters. The second-order valence-corrected chi connectivity index (χ2v) is 6.73. The van der Waals surface area contributed by atoms with Crippen molar-refractivity contribution in [3.8, 4) is 0 Å². The monoisotopic (exact) mass is 229 g/mol. The van der Waals surface area contributed by atoms with Crippen LogP contribution in [0.25, 0.3) is 0 Å². The van der Waals surface area contributed by atoms with Crippen LogP contribution in [0, 0.1) is 5.41 Å². The largest absolute Gasteiger partial charge is 0.394 e. The van der Waals surface area contributed by atoms with E-state index in [1.54, 1.807) is 0 Å². The molecule has 1 atom stereocenters. The molecule has 0 bridgehead atoms. The molecule has 0 aliphatic carbocycles. The summed E-state index contributed by atoms with van der Waals surface area (Å²) in [4.78, 5) is 2.41. The summed E-state index contributed by atoms with van der Waals surface area (Å²) >= 11 is 0. The number of nitrogens with zero attached hydrogens (tertiary/aromatic N) is 1. The van der Waals surface area contributed by atoms with E-state index in [2.05, 4.69) is 39.5 Å². The number of hydrogen-bond donors (Lipinski definition) is 1. The molecule has 1 saturated heterocycles. The van der Waals surface area contributed by atoms with Gasteiger partial charge in [0.15, 0.2) is 0 Å². The summed E-state index contributed by atoms with van der Waals surface area (Å²) in [7, 11) is 0. The van der Waals surface area contributed by atoms with Gasteiger partial charge in [0, 0.05) is 13.1 Å². The molecular formula is C13H27NO2. The minimum atomic E-state index is -0.135. The van der Waals surface area contributed by atoms with Gasteiger partial charge in [-0.25, -0.2) is 0 Å². The zero-order valence-electron chi connectivity index (χ0n) is 11.4. The molecule has 0 aromatic heterocycles. The fraction of sp³-hybridized carbons (Fsp3) is 1.00. The van der Waals surface area contributed by atoms with Crippen LogP contribution in [0.4, 0.5) is 0 Å². The molecule has 1 aliphatic rings. The van der Waals surface area contributed by atoms with Gasteiger partial charge in [0.1, 0.15) is 0 Å². The smallest absolute Gasteiger partial charge is 0.0940 e. The fourth-order valence-electron chi connectivity index (χ4n) is 2.18. The van der Waals surface area contributed by atoms with Crippen molar-refractivity contribution in [2.24, 2.45) is 5.41 Å². The lowest BCUT2D eigenvalue weighted by atomic mass is 9.91. The zero-order valence-corrected chi connectivity index (χ0v) is 11.4. The predicted molar refractivity (Wildman–Crippen MR) is 66.5 cm³/mol. The van der Waals surface area contributed by atoms with Crippen molar-refractivity contribution < 1.29 is 9.84 Å². The molecule has 1 aliphatic heterocycles.